The number of allylic oxidation sites excluding steroid dienone is 2. The van der Waals surface area contributed by atoms with Crippen LogP contribution in [0, 0.1) is 5.92 Å². The van der Waals surface area contributed by atoms with Crippen molar-refractivity contribution in [3.63, 3.8) is 0 Å². The van der Waals surface area contributed by atoms with Gasteiger partial charge in [0.05, 0.1) is 19.3 Å². The smallest absolute Gasteiger partial charge is 0.305 e. The molecule has 0 aromatic heterocycles. The van der Waals surface area contributed by atoms with E-state index in [1.165, 1.54) is 12.7 Å². The van der Waals surface area contributed by atoms with Gasteiger partial charge in [0.25, 0.3) is 0 Å². The fourth-order valence-electron chi connectivity index (χ4n) is 2.80. The van der Waals surface area contributed by atoms with Crippen LogP contribution in [0.3, 0.4) is 0 Å². The van der Waals surface area contributed by atoms with Crippen LogP contribution >= 0.6 is 0 Å². The average Bonchev–Trinajstić information content (AvgIpc) is 2.58. The van der Waals surface area contributed by atoms with E-state index in [-0.39, 0.29) is 5.97 Å². The molecule has 0 spiro atoms. The van der Waals surface area contributed by atoms with E-state index in [4.69, 9.17) is 4.74 Å². The Labute approximate surface area is 151 Å². The molecule has 140 valence electrons. The van der Waals surface area contributed by atoms with E-state index in [2.05, 4.69) is 11.7 Å². The van der Waals surface area contributed by atoms with Crippen molar-refractivity contribution in [3.05, 3.63) is 48.0 Å². The van der Waals surface area contributed by atoms with Gasteiger partial charge in [0, 0.05) is 13.0 Å². The van der Waals surface area contributed by atoms with E-state index in [9.17, 15) is 9.90 Å². The van der Waals surface area contributed by atoms with Crippen LogP contribution in [0.15, 0.2) is 42.5 Å². The van der Waals surface area contributed by atoms with Crippen molar-refractivity contribution in [2.45, 2.75) is 58.2 Å². The lowest BCUT2D eigenvalue weighted by molar-refractivity contribution is -0.140. The Balaban J connectivity index is 2.17. The molecule has 0 bridgehead atoms. The molecule has 0 radical (unpaired) electrons. The molecule has 25 heavy (non-hydrogen) atoms. The Morgan fingerprint density at radius 1 is 1.24 bits per heavy atom. The van der Waals surface area contributed by atoms with Crippen molar-refractivity contribution < 1.29 is 19.4 Å². The molecule has 0 saturated heterocycles. The quantitative estimate of drug-likeness (QED) is 0.453. The SMILES string of the molecule is COC(=O)CC/C=C/CC[C@@](C)(O)C[C@@H](C)COCc1ccccc1. The monoisotopic (exact) mass is 348 g/mol. The zero-order valence-electron chi connectivity index (χ0n) is 15.7. The number of carbonyl (C=O) groups excluding carboxylic acids is 1. The molecule has 0 aliphatic carbocycles. The summed E-state index contributed by atoms with van der Waals surface area (Å²) in [6.07, 6.45) is 7.28. The molecule has 1 aromatic rings. The number of benzene rings is 1. The van der Waals surface area contributed by atoms with Crippen LogP contribution in [0.1, 0.15) is 51.5 Å². The first kappa shape index (κ1) is 21.4. The van der Waals surface area contributed by atoms with Gasteiger partial charge in [-0.1, -0.05) is 49.4 Å². The van der Waals surface area contributed by atoms with Crippen LogP contribution in [-0.2, 0) is 20.9 Å². The van der Waals surface area contributed by atoms with Crippen LogP contribution in [0.25, 0.3) is 0 Å². The van der Waals surface area contributed by atoms with Crippen molar-refractivity contribution in [3.8, 4) is 0 Å². The minimum Gasteiger partial charge on any atom is -0.469 e. The highest BCUT2D eigenvalue weighted by atomic mass is 16.5. The summed E-state index contributed by atoms with van der Waals surface area (Å²) in [5, 5.41) is 10.5. The fraction of sp³-hybridized carbons (Fsp3) is 0.571. The number of aliphatic hydroxyl groups is 1. The van der Waals surface area contributed by atoms with Gasteiger partial charge in [-0.05, 0) is 44.1 Å². The van der Waals surface area contributed by atoms with Crippen molar-refractivity contribution in [1.82, 2.24) is 0 Å². The van der Waals surface area contributed by atoms with Gasteiger partial charge >= 0.3 is 5.97 Å². The minimum absolute atomic E-state index is 0.194. The summed E-state index contributed by atoms with van der Waals surface area (Å²) in [7, 11) is 1.40. The highest BCUT2D eigenvalue weighted by molar-refractivity contribution is 5.69. The molecule has 1 aromatic carbocycles. The Morgan fingerprint density at radius 2 is 1.92 bits per heavy atom. The lowest BCUT2D eigenvalue weighted by atomic mass is 9.89. The number of carbonyl (C=O) groups is 1. The molecule has 1 rings (SSSR count). The Kier molecular flexibility index (Phi) is 10.1. The van der Waals surface area contributed by atoms with Gasteiger partial charge < -0.3 is 14.6 Å². The molecule has 4 heteroatoms. The van der Waals surface area contributed by atoms with E-state index in [0.29, 0.717) is 44.8 Å². The lowest BCUT2D eigenvalue weighted by Crippen LogP contribution is -2.28. The Hall–Kier alpha value is -1.65. The molecule has 0 fully saturated rings. The minimum atomic E-state index is -0.706. The van der Waals surface area contributed by atoms with Crippen LogP contribution in [0.4, 0.5) is 0 Å². The summed E-state index contributed by atoms with van der Waals surface area (Å²) in [4.78, 5) is 11.0. The van der Waals surface area contributed by atoms with Gasteiger partial charge in [0.1, 0.15) is 0 Å². The molecule has 1 N–H and O–H groups in total. The number of methoxy groups -OCH3 is 1. The summed E-state index contributed by atoms with van der Waals surface area (Å²) in [5.41, 5.74) is 0.459. The number of rotatable bonds is 12. The normalized spacial score (nSPS) is 15.0. The third-order valence-corrected chi connectivity index (χ3v) is 4.06. The third kappa shape index (κ3) is 10.7. The highest BCUT2D eigenvalue weighted by Crippen LogP contribution is 2.22. The highest BCUT2D eigenvalue weighted by Gasteiger charge is 2.22. The van der Waals surface area contributed by atoms with Crippen molar-refractivity contribution in [2.24, 2.45) is 5.92 Å². The maximum atomic E-state index is 11.0. The molecule has 0 aliphatic rings. The molecular weight excluding hydrogens is 316 g/mol. The van der Waals surface area contributed by atoms with Crippen LogP contribution in [-0.4, -0.2) is 30.4 Å². The van der Waals surface area contributed by atoms with Crippen molar-refractivity contribution in [1.29, 1.82) is 0 Å². The maximum Gasteiger partial charge on any atom is 0.305 e. The summed E-state index contributed by atoms with van der Waals surface area (Å²) in [6, 6.07) is 10.1. The predicted molar refractivity (Wildman–Crippen MR) is 100 cm³/mol. The van der Waals surface area contributed by atoms with E-state index < -0.39 is 5.60 Å². The second-order valence-electron chi connectivity index (χ2n) is 6.93. The van der Waals surface area contributed by atoms with Gasteiger partial charge in [0.15, 0.2) is 0 Å². The average molecular weight is 348 g/mol. The molecule has 0 unspecified atom stereocenters. The Morgan fingerprint density at radius 3 is 2.60 bits per heavy atom. The Bertz CT molecular complexity index is 508. The molecule has 2 atom stereocenters. The van der Waals surface area contributed by atoms with Gasteiger partial charge in [0.2, 0.25) is 0 Å². The summed E-state index contributed by atoms with van der Waals surface area (Å²) in [5.74, 6) is 0.1000. The van der Waals surface area contributed by atoms with E-state index in [1.54, 1.807) is 0 Å². The van der Waals surface area contributed by atoms with E-state index in [0.717, 1.165) is 6.42 Å². The van der Waals surface area contributed by atoms with Gasteiger partial charge in [-0.2, -0.15) is 0 Å². The van der Waals surface area contributed by atoms with Gasteiger partial charge in [-0.3, -0.25) is 4.79 Å². The van der Waals surface area contributed by atoms with E-state index in [1.807, 2.05) is 49.4 Å². The first-order valence-electron chi connectivity index (χ1n) is 8.99. The molecule has 0 heterocycles. The first-order valence-corrected chi connectivity index (χ1v) is 8.99. The summed E-state index contributed by atoms with van der Waals surface area (Å²) >= 11 is 0. The zero-order chi connectivity index (χ0) is 18.5. The molecule has 0 aliphatic heterocycles. The first-order chi connectivity index (χ1) is 11.9. The van der Waals surface area contributed by atoms with Crippen molar-refractivity contribution in [2.75, 3.05) is 13.7 Å². The van der Waals surface area contributed by atoms with E-state index >= 15 is 0 Å². The van der Waals surface area contributed by atoms with Crippen LogP contribution in [0.2, 0.25) is 0 Å². The standard InChI is InChI=1S/C21H32O4/c1-18(16-25-17-19-11-7-6-8-12-19)15-21(2,23)14-10-5-4-9-13-20(22)24-3/h4-8,11-12,18,23H,9-10,13-17H2,1-3H3/b5-4+/t18-,21-/m1/s1. The summed E-state index contributed by atoms with van der Waals surface area (Å²) < 4.78 is 10.3. The zero-order valence-corrected chi connectivity index (χ0v) is 15.7. The predicted octanol–water partition coefficient (Wildman–Crippen LogP) is 4.27. The number of hydrogen-bond acceptors (Lipinski definition) is 4. The van der Waals surface area contributed by atoms with Gasteiger partial charge in [-0.15, -0.1) is 0 Å². The van der Waals surface area contributed by atoms with Crippen molar-refractivity contribution >= 4 is 5.97 Å². The number of hydrogen-bond donors (Lipinski definition) is 1. The lowest BCUT2D eigenvalue weighted by Gasteiger charge is -2.26. The number of ether oxygens (including phenoxy) is 2. The number of esters is 1. The molecule has 4 nitrogen and oxygen atoms in total. The van der Waals surface area contributed by atoms with Crippen LogP contribution in [0.5, 0.6) is 0 Å². The fourth-order valence-corrected chi connectivity index (χ4v) is 2.80. The molecule has 0 saturated carbocycles. The second-order valence-corrected chi connectivity index (χ2v) is 6.93. The van der Waals surface area contributed by atoms with Crippen LogP contribution < -0.4 is 0 Å². The topological polar surface area (TPSA) is 55.8 Å². The summed E-state index contributed by atoms with van der Waals surface area (Å²) in [6.45, 7) is 5.23. The third-order valence-electron chi connectivity index (χ3n) is 4.06. The largest absolute Gasteiger partial charge is 0.469 e. The molecular formula is C21H32O4. The molecule has 0 amide bonds. The van der Waals surface area contributed by atoms with Gasteiger partial charge in [-0.25, -0.2) is 0 Å². The second kappa shape index (κ2) is 11.8. The maximum absolute atomic E-state index is 11.0.